The zero-order valence-corrected chi connectivity index (χ0v) is 14.0. The molecule has 0 bridgehead atoms. The molecule has 0 unspecified atom stereocenters. The van der Waals surface area contributed by atoms with Crippen molar-refractivity contribution < 1.29 is 19.1 Å². The highest BCUT2D eigenvalue weighted by Crippen LogP contribution is 2.19. The molecular formula is C19H20N2O4. The van der Waals surface area contributed by atoms with Crippen molar-refractivity contribution in [3.63, 3.8) is 0 Å². The summed E-state index contributed by atoms with van der Waals surface area (Å²) in [6, 6.07) is 14.7. The Morgan fingerprint density at radius 3 is 2.76 bits per heavy atom. The topological polar surface area (TPSA) is 67.9 Å². The van der Waals surface area contributed by atoms with Gasteiger partial charge in [-0.1, -0.05) is 12.1 Å². The van der Waals surface area contributed by atoms with Gasteiger partial charge in [-0.15, -0.1) is 0 Å². The minimum Gasteiger partial charge on any atom is -0.484 e. The Bertz CT molecular complexity index is 758. The van der Waals surface area contributed by atoms with Crippen molar-refractivity contribution in [2.45, 2.75) is 6.92 Å². The molecule has 0 saturated carbocycles. The van der Waals surface area contributed by atoms with Gasteiger partial charge in [0.15, 0.2) is 6.61 Å². The van der Waals surface area contributed by atoms with Crippen LogP contribution >= 0.6 is 0 Å². The van der Waals surface area contributed by atoms with E-state index in [-0.39, 0.29) is 25.0 Å². The first-order chi connectivity index (χ1) is 12.1. The van der Waals surface area contributed by atoms with E-state index in [1.165, 1.54) is 0 Å². The molecule has 6 heteroatoms. The van der Waals surface area contributed by atoms with Crippen LogP contribution in [0.5, 0.6) is 5.75 Å². The monoisotopic (exact) mass is 340 g/mol. The number of hydrogen-bond acceptors (Lipinski definition) is 4. The van der Waals surface area contributed by atoms with Crippen LogP contribution in [-0.4, -0.2) is 38.2 Å². The Kier molecular flexibility index (Phi) is 5.30. The van der Waals surface area contributed by atoms with Crippen molar-refractivity contribution in [1.82, 2.24) is 0 Å². The van der Waals surface area contributed by atoms with Crippen molar-refractivity contribution in [3.05, 3.63) is 54.1 Å². The number of morpholine rings is 1. The van der Waals surface area contributed by atoms with Crippen LogP contribution in [-0.2, 0) is 14.3 Å². The van der Waals surface area contributed by atoms with Gasteiger partial charge < -0.3 is 19.7 Å². The lowest BCUT2D eigenvalue weighted by Crippen LogP contribution is -2.41. The predicted molar refractivity (Wildman–Crippen MR) is 94.9 cm³/mol. The van der Waals surface area contributed by atoms with Gasteiger partial charge in [0.25, 0.3) is 11.8 Å². The van der Waals surface area contributed by atoms with Crippen LogP contribution in [0.25, 0.3) is 0 Å². The first-order valence-corrected chi connectivity index (χ1v) is 8.09. The van der Waals surface area contributed by atoms with Crippen LogP contribution in [0.15, 0.2) is 48.5 Å². The van der Waals surface area contributed by atoms with Crippen LogP contribution in [0.1, 0.15) is 5.56 Å². The highest BCUT2D eigenvalue weighted by atomic mass is 16.5. The van der Waals surface area contributed by atoms with Gasteiger partial charge in [-0.2, -0.15) is 0 Å². The molecule has 0 atom stereocenters. The molecule has 25 heavy (non-hydrogen) atoms. The van der Waals surface area contributed by atoms with Gasteiger partial charge >= 0.3 is 0 Å². The third kappa shape index (κ3) is 4.58. The Morgan fingerprint density at radius 1 is 1.24 bits per heavy atom. The normalized spacial score (nSPS) is 14.3. The zero-order chi connectivity index (χ0) is 17.6. The number of carbonyl (C=O) groups excluding carboxylic acids is 2. The fourth-order valence-corrected chi connectivity index (χ4v) is 2.57. The van der Waals surface area contributed by atoms with Crippen LogP contribution in [0, 0.1) is 6.92 Å². The number of nitrogens with one attached hydrogen (secondary N) is 1. The summed E-state index contributed by atoms with van der Waals surface area (Å²) in [4.78, 5) is 25.5. The summed E-state index contributed by atoms with van der Waals surface area (Å²) in [5.41, 5.74) is 2.52. The Hall–Kier alpha value is -2.86. The molecule has 0 spiro atoms. The minimum atomic E-state index is -0.239. The molecule has 2 aromatic rings. The van der Waals surface area contributed by atoms with Crippen LogP contribution in [0.2, 0.25) is 0 Å². The fourth-order valence-electron chi connectivity index (χ4n) is 2.57. The van der Waals surface area contributed by atoms with E-state index < -0.39 is 0 Å². The van der Waals surface area contributed by atoms with Gasteiger partial charge in [-0.25, -0.2) is 0 Å². The van der Waals surface area contributed by atoms with E-state index >= 15 is 0 Å². The first-order valence-electron chi connectivity index (χ1n) is 8.09. The third-order valence-corrected chi connectivity index (χ3v) is 3.81. The third-order valence-electron chi connectivity index (χ3n) is 3.81. The number of carbonyl (C=O) groups is 2. The van der Waals surface area contributed by atoms with Crippen molar-refractivity contribution in [3.8, 4) is 5.75 Å². The SMILES string of the molecule is Cc1cccc(OCC(=O)Nc2ccc(N3CCOCC3=O)cc2)c1. The number of nitrogens with zero attached hydrogens (tertiary/aromatic N) is 1. The van der Waals surface area contributed by atoms with Crippen molar-refractivity contribution in [1.29, 1.82) is 0 Å². The summed E-state index contributed by atoms with van der Waals surface area (Å²) in [5.74, 6) is 0.364. The van der Waals surface area contributed by atoms with E-state index in [4.69, 9.17) is 9.47 Å². The first kappa shape index (κ1) is 17.0. The van der Waals surface area contributed by atoms with E-state index in [2.05, 4.69) is 5.32 Å². The second-order valence-electron chi connectivity index (χ2n) is 5.80. The summed E-state index contributed by atoms with van der Waals surface area (Å²) >= 11 is 0. The number of rotatable bonds is 5. The molecule has 1 aliphatic rings. The quantitative estimate of drug-likeness (QED) is 0.907. The second kappa shape index (κ2) is 7.81. The maximum atomic E-state index is 12.0. The molecule has 130 valence electrons. The molecular weight excluding hydrogens is 320 g/mol. The van der Waals surface area contributed by atoms with E-state index in [9.17, 15) is 9.59 Å². The minimum absolute atomic E-state index is 0.0606. The molecule has 1 fully saturated rings. The fraction of sp³-hybridized carbons (Fsp3) is 0.263. The van der Waals surface area contributed by atoms with Gasteiger partial charge in [0.05, 0.1) is 6.61 Å². The second-order valence-corrected chi connectivity index (χ2v) is 5.80. The van der Waals surface area contributed by atoms with E-state index in [1.807, 2.05) is 31.2 Å². The zero-order valence-electron chi connectivity index (χ0n) is 14.0. The van der Waals surface area contributed by atoms with Gasteiger partial charge in [0, 0.05) is 17.9 Å². The maximum Gasteiger partial charge on any atom is 0.262 e. The smallest absolute Gasteiger partial charge is 0.262 e. The number of amides is 2. The lowest BCUT2D eigenvalue weighted by molar-refractivity contribution is -0.125. The Morgan fingerprint density at radius 2 is 2.04 bits per heavy atom. The molecule has 2 aromatic carbocycles. The predicted octanol–water partition coefficient (Wildman–Crippen LogP) is 2.38. The highest BCUT2D eigenvalue weighted by molar-refractivity contribution is 5.96. The molecule has 2 amide bonds. The lowest BCUT2D eigenvalue weighted by Gasteiger charge is -2.26. The molecule has 1 N–H and O–H groups in total. The molecule has 1 heterocycles. The average Bonchev–Trinajstić information content (AvgIpc) is 2.61. The van der Waals surface area contributed by atoms with Crippen molar-refractivity contribution >= 4 is 23.2 Å². The summed E-state index contributed by atoms with van der Waals surface area (Å²) in [6.07, 6.45) is 0. The number of aryl methyl sites for hydroxylation is 1. The lowest BCUT2D eigenvalue weighted by atomic mass is 10.2. The number of ether oxygens (including phenoxy) is 2. The van der Waals surface area contributed by atoms with Crippen molar-refractivity contribution in [2.24, 2.45) is 0 Å². The van der Waals surface area contributed by atoms with Gasteiger partial charge in [0.2, 0.25) is 0 Å². The molecule has 0 aromatic heterocycles. The average molecular weight is 340 g/mol. The standard InChI is InChI=1S/C19H20N2O4/c1-14-3-2-4-17(11-14)25-12-18(22)20-15-5-7-16(8-6-15)21-9-10-24-13-19(21)23/h2-8,11H,9-10,12-13H2,1H3,(H,20,22). The molecule has 1 aliphatic heterocycles. The molecule has 1 saturated heterocycles. The number of hydrogen-bond donors (Lipinski definition) is 1. The summed E-state index contributed by atoms with van der Waals surface area (Å²) in [6.45, 7) is 3.07. The Balaban J connectivity index is 1.54. The summed E-state index contributed by atoms with van der Waals surface area (Å²) < 4.78 is 10.6. The van der Waals surface area contributed by atoms with E-state index in [0.29, 0.717) is 24.6 Å². The van der Waals surface area contributed by atoms with Crippen molar-refractivity contribution in [2.75, 3.05) is 36.6 Å². The number of benzene rings is 2. The Labute approximate surface area is 146 Å². The summed E-state index contributed by atoms with van der Waals surface area (Å²) in [5, 5.41) is 2.78. The van der Waals surface area contributed by atoms with Crippen LogP contribution in [0.3, 0.4) is 0 Å². The van der Waals surface area contributed by atoms with E-state index in [0.717, 1.165) is 11.3 Å². The molecule has 0 radical (unpaired) electrons. The van der Waals surface area contributed by atoms with Crippen LogP contribution < -0.4 is 15.0 Å². The maximum absolute atomic E-state index is 12.0. The van der Waals surface area contributed by atoms with E-state index in [1.54, 1.807) is 29.2 Å². The highest BCUT2D eigenvalue weighted by Gasteiger charge is 2.19. The van der Waals surface area contributed by atoms with Gasteiger partial charge in [-0.3, -0.25) is 9.59 Å². The molecule has 0 aliphatic carbocycles. The summed E-state index contributed by atoms with van der Waals surface area (Å²) in [7, 11) is 0. The van der Waals surface area contributed by atoms with Gasteiger partial charge in [-0.05, 0) is 48.9 Å². The number of anilines is 2. The van der Waals surface area contributed by atoms with Gasteiger partial charge in [0.1, 0.15) is 12.4 Å². The van der Waals surface area contributed by atoms with Crippen LogP contribution in [0.4, 0.5) is 11.4 Å². The molecule has 3 rings (SSSR count). The largest absolute Gasteiger partial charge is 0.484 e. The molecule has 6 nitrogen and oxygen atoms in total.